The summed E-state index contributed by atoms with van der Waals surface area (Å²) in [4.78, 5) is 42.4. The minimum atomic E-state index is -0.361. The smallest absolute Gasteiger partial charge is 0.261 e. The molecule has 0 unspecified atom stereocenters. The highest BCUT2D eigenvalue weighted by Gasteiger charge is 2.10. The van der Waals surface area contributed by atoms with Crippen LogP contribution >= 0.6 is 15.9 Å². The predicted molar refractivity (Wildman–Crippen MR) is 107 cm³/mol. The molecule has 0 aliphatic heterocycles. The normalized spacial score (nSPS) is 10.6. The minimum Gasteiger partial charge on any atom is -0.345 e. The summed E-state index contributed by atoms with van der Waals surface area (Å²) in [7, 11) is 3.35. The molecule has 3 rings (SSSR count). The van der Waals surface area contributed by atoms with Crippen LogP contribution in [0.25, 0.3) is 10.9 Å². The average molecular weight is 429 g/mol. The van der Waals surface area contributed by atoms with E-state index in [0.717, 1.165) is 4.47 Å². The third kappa shape index (κ3) is 4.22. The van der Waals surface area contributed by atoms with Crippen LogP contribution in [0.1, 0.15) is 10.4 Å². The molecule has 0 saturated carbocycles. The first-order valence-electron chi connectivity index (χ1n) is 8.11. The van der Waals surface area contributed by atoms with Gasteiger partial charge in [-0.3, -0.25) is 19.0 Å². The first-order chi connectivity index (χ1) is 12.8. The molecule has 0 atom stereocenters. The molecule has 27 heavy (non-hydrogen) atoms. The highest BCUT2D eigenvalue weighted by molar-refractivity contribution is 9.10. The van der Waals surface area contributed by atoms with E-state index in [0.29, 0.717) is 22.2 Å². The molecule has 3 aromatic rings. The molecule has 0 fully saturated rings. The Morgan fingerprint density at radius 3 is 2.52 bits per heavy atom. The number of rotatable bonds is 4. The first-order valence-corrected chi connectivity index (χ1v) is 8.91. The van der Waals surface area contributed by atoms with E-state index in [1.807, 2.05) is 0 Å². The summed E-state index contributed by atoms with van der Waals surface area (Å²) >= 11 is 3.33. The molecule has 8 heteroatoms. The van der Waals surface area contributed by atoms with Gasteiger partial charge < -0.3 is 10.2 Å². The number of amides is 2. The maximum Gasteiger partial charge on any atom is 0.261 e. The van der Waals surface area contributed by atoms with Crippen LogP contribution in [0.2, 0.25) is 0 Å². The van der Waals surface area contributed by atoms with Crippen molar-refractivity contribution in [2.24, 2.45) is 0 Å². The molecule has 2 aromatic carbocycles. The number of nitrogens with one attached hydrogen (secondary N) is 1. The van der Waals surface area contributed by atoms with Crippen molar-refractivity contribution in [3.8, 4) is 0 Å². The molecule has 0 bridgehead atoms. The van der Waals surface area contributed by atoms with E-state index in [2.05, 4.69) is 26.2 Å². The molecule has 2 amide bonds. The number of carbonyl (C=O) groups is 2. The van der Waals surface area contributed by atoms with E-state index in [4.69, 9.17) is 0 Å². The van der Waals surface area contributed by atoms with Crippen molar-refractivity contribution in [1.82, 2.24) is 14.5 Å². The Morgan fingerprint density at radius 2 is 1.85 bits per heavy atom. The lowest BCUT2D eigenvalue weighted by Gasteiger charge is -2.11. The number of halogens is 1. The second-order valence-corrected chi connectivity index (χ2v) is 7.08. The van der Waals surface area contributed by atoms with Crippen LogP contribution in [0.15, 0.2) is 58.1 Å². The molecule has 0 saturated heterocycles. The monoisotopic (exact) mass is 428 g/mol. The quantitative estimate of drug-likeness (QED) is 0.691. The van der Waals surface area contributed by atoms with Gasteiger partial charge in [0.1, 0.15) is 6.54 Å². The molecule has 138 valence electrons. The Bertz CT molecular complexity index is 1070. The lowest BCUT2D eigenvalue weighted by atomic mass is 10.2. The van der Waals surface area contributed by atoms with Crippen molar-refractivity contribution >= 4 is 44.3 Å². The topological polar surface area (TPSA) is 84.3 Å². The zero-order valence-corrected chi connectivity index (χ0v) is 16.4. The van der Waals surface area contributed by atoms with Crippen molar-refractivity contribution in [1.29, 1.82) is 0 Å². The molecular weight excluding hydrogens is 412 g/mol. The number of hydrogen-bond acceptors (Lipinski definition) is 4. The highest BCUT2D eigenvalue weighted by atomic mass is 79.9. The lowest BCUT2D eigenvalue weighted by molar-refractivity contribution is -0.116. The van der Waals surface area contributed by atoms with Crippen molar-refractivity contribution in [3.05, 3.63) is 69.2 Å². The number of carbonyl (C=O) groups excluding carboxylic acids is 2. The van der Waals surface area contributed by atoms with Gasteiger partial charge in [0.25, 0.3) is 11.5 Å². The number of benzene rings is 2. The van der Waals surface area contributed by atoms with Gasteiger partial charge in [-0.2, -0.15) is 0 Å². The van der Waals surface area contributed by atoms with Crippen LogP contribution in [0, 0.1) is 0 Å². The van der Waals surface area contributed by atoms with E-state index in [1.54, 1.807) is 56.6 Å². The van der Waals surface area contributed by atoms with Crippen LogP contribution in [0.3, 0.4) is 0 Å². The van der Waals surface area contributed by atoms with Crippen molar-refractivity contribution < 1.29 is 9.59 Å². The van der Waals surface area contributed by atoms with Crippen molar-refractivity contribution in [2.45, 2.75) is 6.54 Å². The second kappa shape index (κ2) is 7.71. The molecule has 0 radical (unpaired) electrons. The molecule has 0 aliphatic carbocycles. The van der Waals surface area contributed by atoms with Gasteiger partial charge in [0.2, 0.25) is 5.91 Å². The van der Waals surface area contributed by atoms with Gasteiger partial charge >= 0.3 is 0 Å². The number of hydrogen-bond donors (Lipinski definition) is 1. The molecule has 0 aliphatic rings. The van der Waals surface area contributed by atoms with Crippen LogP contribution in [-0.4, -0.2) is 40.4 Å². The lowest BCUT2D eigenvalue weighted by Crippen LogP contribution is -2.28. The van der Waals surface area contributed by atoms with Crippen LogP contribution < -0.4 is 10.9 Å². The van der Waals surface area contributed by atoms with E-state index in [-0.39, 0.29) is 23.9 Å². The fraction of sp³-hybridized carbons (Fsp3) is 0.158. The Kier molecular flexibility index (Phi) is 5.36. The van der Waals surface area contributed by atoms with E-state index in [1.165, 1.54) is 15.8 Å². The van der Waals surface area contributed by atoms with Crippen LogP contribution in [0.5, 0.6) is 0 Å². The molecular formula is C19H17BrN4O3. The van der Waals surface area contributed by atoms with E-state index < -0.39 is 0 Å². The van der Waals surface area contributed by atoms with Gasteiger partial charge in [-0.1, -0.05) is 15.9 Å². The van der Waals surface area contributed by atoms with Gasteiger partial charge in [-0.05, 0) is 42.5 Å². The minimum absolute atomic E-state index is 0.118. The first kappa shape index (κ1) is 18.8. The second-order valence-electron chi connectivity index (χ2n) is 6.16. The summed E-state index contributed by atoms with van der Waals surface area (Å²) in [6.07, 6.45) is 1.36. The largest absolute Gasteiger partial charge is 0.345 e. The van der Waals surface area contributed by atoms with Gasteiger partial charge in [0, 0.05) is 29.8 Å². The third-order valence-electron chi connectivity index (χ3n) is 3.92. The predicted octanol–water partition coefficient (Wildman–Crippen LogP) is 2.50. The van der Waals surface area contributed by atoms with Crippen LogP contribution in [-0.2, 0) is 11.3 Å². The van der Waals surface area contributed by atoms with Crippen LogP contribution in [0.4, 0.5) is 5.69 Å². The van der Waals surface area contributed by atoms with E-state index >= 15 is 0 Å². The van der Waals surface area contributed by atoms with Gasteiger partial charge in [0.15, 0.2) is 0 Å². The van der Waals surface area contributed by atoms with E-state index in [9.17, 15) is 14.4 Å². The molecule has 1 N–H and O–H groups in total. The number of fused-ring (bicyclic) bond motifs is 1. The fourth-order valence-corrected chi connectivity index (χ4v) is 2.91. The zero-order chi connectivity index (χ0) is 19.6. The Hall–Kier alpha value is -3.00. The number of nitrogens with zero attached hydrogens (tertiary/aromatic N) is 3. The fourth-order valence-electron chi connectivity index (χ4n) is 2.55. The summed E-state index contributed by atoms with van der Waals surface area (Å²) in [5.41, 5.74) is 1.35. The Balaban J connectivity index is 1.74. The SMILES string of the molecule is CN(C)C(=O)c1ccc(NC(=O)Cn2cnc3ccc(Br)cc3c2=O)cc1. The number of anilines is 1. The third-order valence-corrected chi connectivity index (χ3v) is 4.42. The van der Waals surface area contributed by atoms with Crippen molar-refractivity contribution in [3.63, 3.8) is 0 Å². The summed E-state index contributed by atoms with van der Waals surface area (Å²) in [5, 5.41) is 3.15. The Morgan fingerprint density at radius 1 is 1.15 bits per heavy atom. The summed E-state index contributed by atoms with van der Waals surface area (Å²) in [5.74, 6) is -0.479. The highest BCUT2D eigenvalue weighted by Crippen LogP contribution is 2.15. The molecule has 1 aromatic heterocycles. The average Bonchev–Trinajstić information content (AvgIpc) is 2.64. The molecule has 7 nitrogen and oxygen atoms in total. The maximum atomic E-state index is 12.5. The number of aromatic nitrogens is 2. The molecule has 0 spiro atoms. The van der Waals surface area contributed by atoms with Gasteiger partial charge in [0.05, 0.1) is 17.2 Å². The Labute approximate surface area is 163 Å². The summed E-state index contributed by atoms with van der Waals surface area (Å²) in [6, 6.07) is 11.8. The molecule has 1 heterocycles. The van der Waals surface area contributed by atoms with Crippen molar-refractivity contribution in [2.75, 3.05) is 19.4 Å². The summed E-state index contributed by atoms with van der Waals surface area (Å²) in [6.45, 7) is -0.160. The zero-order valence-electron chi connectivity index (χ0n) is 14.8. The summed E-state index contributed by atoms with van der Waals surface area (Å²) < 4.78 is 2.03. The maximum absolute atomic E-state index is 12.5. The van der Waals surface area contributed by atoms with Gasteiger partial charge in [-0.25, -0.2) is 4.98 Å². The standard InChI is InChI=1S/C19H17BrN4O3/c1-23(2)18(26)12-3-6-14(7-4-12)22-17(25)10-24-11-21-16-8-5-13(20)9-15(16)19(24)27/h3-9,11H,10H2,1-2H3,(H,22,25). The van der Waals surface area contributed by atoms with Gasteiger partial charge in [-0.15, -0.1) is 0 Å².